The van der Waals surface area contributed by atoms with Crippen LogP contribution in [-0.2, 0) is 12.8 Å². The van der Waals surface area contributed by atoms with Crippen LogP contribution in [-0.4, -0.2) is 13.1 Å². The van der Waals surface area contributed by atoms with E-state index in [4.69, 9.17) is 0 Å². The first-order valence-electron chi connectivity index (χ1n) is 23.6. The first-order valence-corrected chi connectivity index (χ1v) is 23.6. The number of nitrogens with zero attached hydrogens (tertiary/aromatic N) is 2. The Labute approximate surface area is 386 Å². The summed E-state index contributed by atoms with van der Waals surface area (Å²) < 4.78 is 0. The molecule has 314 valence electrons. The van der Waals surface area contributed by atoms with E-state index in [1.807, 2.05) is 0 Å². The fraction of sp³-hybridized carbons (Fsp3) is 0.0938. The Balaban J connectivity index is 1.09. The molecule has 0 saturated carbocycles. The van der Waals surface area contributed by atoms with Crippen LogP contribution in [0.4, 0.5) is 22.7 Å². The van der Waals surface area contributed by atoms with Crippen molar-refractivity contribution in [2.24, 2.45) is 0 Å². The van der Waals surface area contributed by atoms with Gasteiger partial charge >= 0.3 is 0 Å². The number of fused-ring (bicyclic) bond motifs is 6. The average molecular weight is 845 g/mol. The largest absolute Gasteiger partial charge is 0.341 e. The second-order valence-corrected chi connectivity index (χ2v) is 18.3. The van der Waals surface area contributed by atoms with Gasteiger partial charge in [0.1, 0.15) is 0 Å². The van der Waals surface area contributed by atoms with Gasteiger partial charge in [-0.25, -0.2) is 0 Å². The maximum Gasteiger partial charge on any atom is 0.0443 e. The number of hydrogen-bond donors (Lipinski definition) is 0. The van der Waals surface area contributed by atoms with Crippen LogP contribution in [0, 0.1) is 0 Å². The number of aryl methyl sites for hydroxylation is 2. The molecular formula is C64H48N2. The van der Waals surface area contributed by atoms with Crippen LogP contribution in [0.15, 0.2) is 218 Å². The van der Waals surface area contributed by atoms with E-state index >= 15 is 0 Å². The highest BCUT2D eigenvalue weighted by Gasteiger charge is 2.24. The summed E-state index contributed by atoms with van der Waals surface area (Å²) in [4.78, 5) is 5.10. The van der Waals surface area contributed by atoms with Gasteiger partial charge < -0.3 is 9.80 Å². The van der Waals surface area contributed by atoms with E-state index in [0.717, 1.165) is 38.8 Å². The first kappa shape index (κ1) is 38.5. The Bertz CT molecular complexity index is 3450. The summed E-state index contributed by atoms with van der Waals surface area (Å²) in [6.45, 7) is 1.98. The zero-order chi connectivity index (χ0) is 43.6. The quantitative estimate of drug-likeness (QED) is 0.154. The Morgan fingerprint density at radius 1 is 0.273 bits per heavy atom. The van der Waals surface area contributed by atoms with Crippen LogP contribution in [0.2, 0.25) is 0 Å². The van der Waals surface area contributed by atoms with Crippen LogP contribution >= 0.6 is 0 Å². The summed E-state index contributed by atoms with van der Waals surface area (Å²) in [7, 11) is 0. The molecule has 0 unspecified atom stereocenters. The van der Waals surface area contributed by atoms with E-state index < -0.39 is 0 Å². The first-order chi connectivity index (χ1) is 32.7. The van der Waals surface area contributed by atoms with E-state index in [9.17, 15) is 0 Å². The second kappa shape index (κ2) is 15.9. The molecule has 0 atom stereocenters. The Morgan fingerprint density at radius 2 is 0.682 bits per heavy atom. The molecule has 11 aromatic rings. The smallest absolute Gasteiger partial charge is 0.0443 e. The summed E-state index contributed by atoms with van der Waals surface area (Å²) in [6, 6.07) is 82.2. The fourth-order valence-electron chi connectivity index (χ4n) is 11.2. The van der Waals surface area contributed by atoms with Crippen LogP contribution < -0.4 is 9.80 Å². The zero-order valence-corrected chi connectivity index (χ0v) is 36.9. The predicted molar refractivity (Wildman–Crippen MR) is 282 cm³/mol. The van der Waals surface area contributed by atoms with Gasteiger partial charge in [0.15, 0.2) is 0 Å². The molecule has 0 spiro atoms. The molecule has 0 bridgehead atoms. The summed E-state index contributed by atoms with van der Waals surface area (Å²) in [5.74, 6) is 0. The minimum Gasteiger partial charge on any atom is -0.341 e. The van der Waals surface area contributed by atoms with Gasteiger partial charge in [-0.1, -0.05) is 158 Å². The van der Waals surface area contributed by atoms with Gasteiger partial charge in [0, 0.05) is 35.8 Å². The highest BCUT2D eigenvalue weighted by atomic mass is 15.1. The molecule has 0 saturated heterocycles. The lowest BCUT2D eigenvalue weighted by atomic mass is 9.84. The third kappa shape index (κ3) is 6.63. The Hall–Kier alpha value is -7.94. The monoisotopic (exact) mass is 844 g/mol. The maximum atomic E-state index is 2.55. The number of para-hydroxylation sites is 2. The minimum absolute atomic E-state index is 0.990. The van der Waals surface area contributed by atoms with Crippen molar-refractivity contribution in [2.45, 2.75) is 25.7 Å². The summed E-state index contributed by atoms with van der Waals surface area (Å²) in [6.07, 6.45) is 4.48. The molecule has 0 fully saturated rings. The van der Waals surface area contributed by atoms with Crippen LogP contribution in [0.5, 0.6) is 0 Å². The number of benzene rings is 11. The fourth-order valence-corrected chi connectivity index (χ4v) is 11.2. The molecule has 2 aliphatic heterocycles. The third-order valence-corrected chi connectivity index (χ3v) is 14.4. The molecule has 11 aromatic carbocycles. The highest BCUT2D eigenvalue weighted by molar-refractivity contribution is 6.23. The van der Waals surface area contributed by atoms with Gasteiger partial charge in [-0.2, -0.15) is 0 Å². The average Bonchev–Trinajstić information content (AvgIpc) is 3.39. The lowest BCUT2D eigenvalue weighted by Gasteiger charge is -2.32. The van der Waals surface area contributed by atoms with Crippen molar-refractivity contribution in [3.05, 3.63) is 230 Å². The summed E-state index contributed by atoms with van der Waals surface area (Å²) in [5, 5.41) is 10.1. The normalized spacial score (nSPS) is 13.6. The van der Waals surface area contributed by atoms with Crippen LogP contribution in [0.3, 0.4) is 0 Å². The van der Waals surface area contributed by atoms with E-state index in [1.165, 1.54) is 121 Å². The molecule has 2 heteroatoms. The summed E-state index contributed by atoms with van der Waals surface area (Å²) in [5.41, 5.74) is 17.8. The van der Waals surface area contributed by atoms with Crippen LogP contribution in [0.25, 0.3) is 87.6 Å². The van der Waals surface area contributed by atoms with Crippen molar-refractivity contribution in [3.8, 4) is 44.5 Å². The molecular weight excluding hydrogens is 797 g/mol. The lowest BCUT2D eigenvalue weighted by Crippen LogP contribution is -2.24. The lowest BCUT2D eigenvalue weighted by molar-refractivity contribution is 0.767. The molecule has 0 N–H and O–H groups in total. The molecule has 13 rings (SSSR count). The van der Waals surface area contributed by atoms with Gasteiger partial charge in [0.2, 0.25) is 0 Å². The van der Waals surface area contributed by atoms with E-state index in [2.05, 4.69) is 228 Å². The van der Waals surface area contributed by atoms with E-state index in [0.29, 0.717) is 0 Å². The van der Waals surface area contributed by atoms with Gasteiger partial charge in [0.05, 0.1) is 0 Å². The minimum atomic E-state index is 0.990. The molecule has 66 heavy (non-hydrogen) atoms. The second-order valence-electron chi connectivity index (χ2n) is 18.3. The molecule has 0 radical (unpaired) electrons. The van der Waals surface area contributed by atoms with E-state index in [-0.39, 0.29) is 0 Å². The van der Waals surface area contributed by atoms with Crippen LogP contribution in [0.1, 0.15) is 24.0 Å². The van der Waals surface area contributed by atoms with Crippen molar-refractivity contribution in [1.29, 1.82) is 0 Å². The van der Waals surface area contributed by atoms with Gasteiger partial charge in [-0.15, -0.1) is 0 Å². The highest BCUT2D eigenvalue weighted by Crippen LogP contribution is 2.49. The van der Waals surface area contributed by atoms with Gasteiger partial charge in [-0.05, 0) is 185 Å². The Morgan fingerprint density at radius 3 is 1.17 bits per heavy atom. The van der Waals surface area contributed by atoms with Crippen molar-refractivity contribution in [3.63, 3.8) is 0 Å². The molecule has 0 amide bonds. The van der Waals surface area contributed by atoms with E-state index in [1.54, 1.807) is 0 Å². The van der Waals surface area contributed by atoms with Crippen molar-refractivity contribution in [2.75, 3.05) is 22.9 Å². The molecule has 0 aromatic heterocycles. The van der Waals surface area contributed by atoms with Gasteiger partial charge in [-0.3, -0.25) is 0 Å². The van der Waals surface area contributed by atoms with Gasteiger partial charge in [0.25, 0.3) is 0 Å². The molecule has 2 aliphatic rings. The van der Waals surface area contributed by atoms with Crippen molar-refractivity contribution in [1.82, 2.24) is 0 Å². The topological polar surface area (TPSA) is 6.48 Å². The SMILES string of the molecule is c1cc(-c2ccc3ccccc3c2)cc(-c2c3ccc(N4CCCc5ccccc54)cc3c(-c3cccc(-c4ccc5ccccc5c4)c3)c3ccc(N4CCCc5ccccc54)cc23)c1. The Kier molecular flexibility index (Phi) is 9.30. The predicted octanol–water partition coefficient (Wildman–Crippen LogP) is 17.1. The molecule has 0 aliphatic carbocycles. The maximum absolute atomic E-state index is 2.55. The summed E-state index contributed by atoms with van der Waals surface area (Å²) >= 11 is 0. The number of anilines is 4. The molecule has 2 heterocycles. The zero-order valence-electron chi connectivity index (χ0n) is 36.9. The standard InChI is InChI=1S/C64H48N2/c1-3-17-47-37-51(29-27-43(47)13-1)49-19-9-21-53(39-49)63-57-33-31-56(66-36-12-24-46-16-6-8-26-62(46)66)42-60(57)64(54-22-10-20-50(40-54)52-30-28-44-14-2-4-18-48(44)38-52)58-34-32-55(41-59(58)63)65-35-11-23-45-15-5-7-25-61(45)65/h1-10,13-22,25-34,37-42H,11-12,23-24,35-36H2. The third-order valence-electron chi connectivity index (χ3n) is 14.4. The van der Waals surface area contributed by atoms with Crippen molar-refractivity contribution >= 4 is 65.8 Å². The number of rotatable bonds is 6. The molecule has 2 nitrogen and oxygen atoms in total. The van der Waals surface area contributed by atoms with Crippen molar-refractivity contribution < 1.29 is 0 Å². The number of hydrogen-bond acceptors (Lipinski definition) is 2.